The molecule has 5 rings (SSSR count). The summed E-state index contributed by atoms with van der Waals surface area (Å²) < 4.78 is 57.2. The van der Waals surface area contributed by atoms with E-state index in [2.05, 4.69) is 9.97 Å². The molecule has 1 aromatic carbocycles. The van der Waals surface area contributed by atoms with Crippen LogP contribution in [0.4, 0.5) is 13.2 Å². The van der Waals surface area contributed by atoms with Crippen LogP contribution in [0, 0.1) is 6.92 Å². The van der Waals surface area contributed by atoms with E-state index in [-0.39, 0.29) is 42.5 Å². The van der Waals surface area contributed by atoms with E-state index in [9.17, 15) is 18.0 Å². The summed E-state index contributed by atoms with van der Waals surface area (Å²) in [7, 11) is 0. The molecule has 1 atom stereocenters. The van der Waals surface area contributed by atoms with Crippen LogP contribution in [-0.2, 0) is 17.5 Å². The predicted octanol–water partition coefficient (Wildman–Crippen LogP) is 5.78. The number of halogens is 4. The molecule has 1 saturated heterocycles. The van der Waals surface area contributed by atoms with Gasteiger partial charge in [0.1, 0.15) is 18.9 Å². The Hall–Kier alpha value is -2.89. The number of aromatic nitrogens is 2. The highest BCUT2D eigenvalue weighted by atomic mass is 35.5. The van der Waals surface area contributed by atoms with Crippen molar-refractivity contribution in [3.63, 3.8) is 0 Å². The first kappa shape index (κ1) is 25.7. The lowest BCUT2D eigenvalue weighted by Gasteiger charge is -2.20. The van der Waals surface area contributed by atoms with Crippen molar-refractivity contribution in [2.75, 3.05) is 26.4 Å². The maximum atomic E-state index is 13.2. The molecule has 1 unspecified atom stereocenters. The maximum Gasteiger partial charge on any atom is 0.417 e. The number of carbonyl (C=O) groups excluding carboxylic acids is 1. The maximum absolute atomic E-state index is 13.2. The third-order valence-electron chi connectivity index (χ3n) is 6.12. The van der Waals surface area contributed by atoms with Gasteiger partial charge in [-0.3, -0.25) is 9.78 Å². The molecular formula is C25H23ClF3N3O4S. The highest BCUT2D eigenvalue weighted by Gasteiger charge is 2.32. The molecule has 12 heteroatoms. The van der Waals surface area contributed by atoms with Gasteiger partial charge in [-0.1, -0.05) is 11.6 Å². The van der Waals surface area contributed by atoms with Crippen molar-refractivity contribution in [2.24, 2.45) is 0 Å². The fourth-order valence-electron chi connectivity index (χ4n) is 4.29. The van der Waals surface area contributed by atoms with Gasteiger partial charge >= 0.3 is 6.18 Å². The van der Waals surface area contributed by atoms with E-state index in [1.165, 1.54) is 11.3 Å². The summed E-state index contributed by atoms with van der Waals surface area (Å²) in [5, 5.41) is 2.34. The number of carbonyl (C=O) groups is 1. The van der Waals surface area contributed by atoms with Crippen LogP contribution in [0.5, 0.6) is 11.5 Å². The van der Waals surface area contributed by atoms with Gasteiger partial charge in [0, 0.05) is 35.9 Å². The number of fused-ring (bicyclic) bond motifs is 1. The van der Waals surface area contributed by atoms with Crippen molar-refractivity contribution in [2.45, 2.75) is 38.6 Å². The third-order valence-corrected chi connectivity index (χ3v) is 7.18. The minimum Gasteiger partial charge on any atom is -0.487 e. The number of hydrogen-bond acceptors (Lipinski definition) is 7. The average molecular weight is 554 g/mol. The molecule has 4 heterocycles. The van der Waals surface area contributed by atoms with Gasteiger partial charge in [0.05, 0.1) is 33.9 Å². The molecule has 0 radical (unpaired) electrons. The Morgan fingerprint density at radius 2 is 2.14 bits per heavy atom. The Bertz CT molecular complexity index is 1310. The second-order valence-electron chi connectivity index (χ2n) is 8.79. The average Bonchev–Trinajstić information content (AvgIpc) is 3.48. The molecule has 0 saturated carbocycles. The number of ether oxygens (including phenoxy) is 3. The van der Waals surface area contributed by atoms with Gasteiger partial charge in [-0.2, -0.15) is 13.2 Å². The Morgan fingerprint density at radius 3 is 2.81 bits per heavy atom. The summed E-state index contributed by atoms with van der Waals surface area (Å²) in [6.07, 6.45) is -2.08. The summed E-state index contributed by atoms with van der Waals surface area (Å²) in [5.74, 6) is 0.618. The Labute approximate surface area is 220 Å². The Kier molecular flexibility index (Phi) is 7.28. The van der Waals surface area contributed by atoms with Crippen molar-refractivity contribution in [1.29, 1.82) is 0 Å². The standard InChI is InChI=1S/C25H23ClF3N3O4S/c1-14-31-20(13-37-14)24(33)32-4-6-35-23-16(11-32)7-15(8-21(23)36-12-18-3-2-5-34-18)22-19(26)9-17(10-30-22)25(27,28)29/h7-10,13,18H,2-6,11-12H2,1H3. The summed E-state index contributed by atoms with van der Waals surface area (Å²) in [4.78, 5) is 23.1. The quantitative estimate of drug-likeness (QED) is 0.399. The molecule has 0 N–H and O–H groups in total. The third kappa shape index (κ3) is 5.68. The minimum atomic E-state index is -4.57. The zero-order valence-corrected chi connectivity index (χ0v) is 21.4. The van der Waals surface area contributed by atoms with E-state index in [4.69, 9.17) is 25.8 Å². The van der Waals surface area contributed by atoms with Gasteiger partial charge < -0.3 is 19.1 Å². The first-order valence-corrected chi connectivity index (χ1v) is 12.9. The van der Waals surface area contributed by atoms with Crippen LogP contribution in [0.2, 0.25) is 5.02 Å². The van der Waals surface area contributed by atoms with Crippen molar-refractivity contribution in [3.05, 3.63) is 56.6 Å². The number of nitrogens with zero attached hydrogens (tertiary/aromatic N) is 3. The molecule has 2 aliphatic rings. The van der Waals surface area contributed by atoms with Crippen LogP contribution in [0.3, 0.4) is 0 Å². The van der Waals surface area contributed by atoms with Crippen LogP contribution >= 0.6 is 22.9 Å². The van der Waals surface area contributed by atoms with E-state index in [1.807, 2.05) is 6.92 Å². The first-order chi connectivity index (χ1) is 17.7. The summed E-state index contributed by atoms with van der Waals surface area (Å²) in [5.41, 5.74) is 0.642. The number of benzene rings is 1. The van der Waals surface area contributed by atoms with Crippen LogP contribution in [0.15, 0.2) is 29.8 Å². The number of thiazole rings is 1. The van der Waals surface area contributed by atoms with Crippen LogP contribution in [-0.4, -0.2) is 53.2 Å². The largest absolute Gasteiger partial charge is 0.487 e. The second-order valence-corrected chi connectivity index (χ2v) is 10.3. The van der Waals surface area contributed by atoms with Crippen LogP contribution in [0.25, 0.3) is 11.3 Å². The second kappa shape index (κ2) is 10.5. The highest BCUT2D eigenvalue weighted by Crippen LogP contribution is 2.41. The lowest BCUT2D eigenvalue weighted by molar-refractivity contribution is -0.137. The highest BCUT2D eigenvalue weighted by molar-refractivity contribution is 7.09. The van der Waals surface area contributed by atoms with Crippen molar-refractivity contribution in [1.82, 2.24) is 14.9 Å². The van der Waals surface area contributed by atoms with Gasteiger partial charge in [0.25, 0.3) is 5.91 Å². The van der Waals surface area contributed by atoms with Crippen LogP contribution in [0.1, 0.15) is 39.5 Å². The molecule has 0 spiro atoms. The monoisotopic (exact) mass is 553 g/mol. The predicted molar refractivity (Wildman–Crippen MR) is 131 cm³/mol. The fraction of sp³-hybridized carbons (Fsp3) is 0.400. The van der Waals surface area contributed by atoms with Crippen LogP contribution < -0.4 is 9.47 Å². The first-order valence-electron chi connectivity index (χ1n) is 11.7. The van der Waals surface area contributed by atoms with Gasteiger partial charge in [-0.05, 0) is 38.0 Å². The Balaban J connectivity index is 1.52. The van der Waals surface area contributed by atoms with Crippen molar-refractivity contribution >= 4 is 28.8 Å². The number of amides is 1. The summed E-state index contributed by atoms with van der Waals surface area (Å²) >= 11 is 7.64. The molecular weight excluding hydrogens is 531 g/mol. The molecule has 196 valence electrons. The molecule has 37 heavy (non-hydrogen) atoms. The number of aryl methyl sites for hydroxylation is 1. The number of alkyl halides is 3. The summed E-state index contributed by atoms with van der Waals surface area (Å²) in [6, 6.07) is 4.21. The zero-order chi connectivity index (χ0) is 26.2. The SMILES string of the molecule is Cc1nc(C(=O)N2CCOc3c(cc(-c4ncc(C(F)(F)F)cc4Cl)cc3OCC3CCCO3)C2)cs1. The van der Waals surface area contributed by atoms with Gasteiger partial charge in [-0.25, -0.2) is 4.98 Å². The zero-order valence-electron chi connectivity index (χ0n) is 19.8. The lowest BCUT2D eigenvalue weighted by Crippen LogP contribution is -2.32. The molecule has 3 aromatic rings. The molecule has 7 nitrogen and oxygen atoms in total. The van der Waals surface area contributed by atoms with Gasteiger partial charge in [0.15, 0.2) is 11.5 Å². The minimum absolute atomic E-state index is 0.0659. The van der Waals surface area contributed by atoms with E-state index in [0.717, 1.165) is 30.1 Å². The molecule has 0 bridgehead atoms. The van der Waals surface area contributed by atoms with E-state index in [1.54, 1.807) is 22.4 Å². The normalized spacial score (nSPS) is 17.8. The number of rotatable bonds is 5. The lowest BCUT2D eigenvalue weighted by atomic mass is 10.0. The van der Waals surface area contributed by atoms with E-state index < -0.39 is 11.7 Å². The molecule has 2 aromatic heterocycles. The summed E-state index contributed by atoms with van der Waals surface area (Å²) in [6.45, 7) is 3.52. The smallest absolute Gasteiger partial charge is 0.417 e. The van der Waals surface area contributed by atoms with Crippen molar-refractivity contribution in [3.8, 4) is 22.8 Å². The van der Waals surface area contributed by atoms with Crippen molar-refractivity contribution < 1.29 is 32.2 Å². The topological polar surface area (TPSA) is 73.8 Å². The van der Waals surface area contributed by atoms with E-state index in [0.29, 0.717) is 41.5 Å². The molecule has 2 aliphatic heterocycles. The molecule has 1 amide bonds. The molecule has 1 fully saturated rings. The molecule has 0 aliphatic carbocycles. The van der Waals surface area contributed by atoms with E-state index >= 15 is 0 Å². The fourth-order valence-corrected chi connectivity index (χ4v) is 5.15. The Morgan fingerprint density at radius 1 is 1.30 bits per heavy atom. The van der Waals surface area contributed by atoms with Gasteiger partial charge in [0.2, 0.25) is 0 Å². The number of pyridine rings is 1. The van der Waals surface area contributed by atoms with Gasteiger partial charge in [-0.15, -0.1) is 11.3 Å². The number of hydrogen-bond donors (Lipinski definition) is 0.